The number of pyridine rings is 1. The van der Waals surface area contributed by atoms with Crippen molar-refractivity contribution in [2.24, 2.45) is 5.92 Å². The van der Waals surface area contributed by atoms with Crippen LogP contribution in [0.15, 0.2) is 36.8 Å². The highest BCUT2D eigenvalue weighted by molar-refractivity contribution is 5.90. The van der Waals surface area contributed by atoms with Crippen LogP contribution in [-0.2, 0) is 4.79 Å². The van der Waals surface area contributed by atoms with Crippen LogP contribution < -0.4 is 10.6 Å². The molecule has 1 atom stereocenters. The molecular formula is C15H21Cl2N5O. The summed E-state index contributed by atoms with van der Waals surface area (Å²) in [6, 6.07) is 5.53. The zero-order valence-electron chi connectivity index (χ0n) is 12.6. The van der Waals surface area contributed by atoms with E-state index in [0.29, 0.717) is 12.3 Å². The highest BCUT2D eigenvalue weighted by atomic mass is 35.5. The molecule has 1 fully saturated rings. The Morgan fingerprint density at radius 2 is 2.26 bits per heavy atom. The van der Waals surface area contributed by atoms with Gasteiger partial charge in [-0.3, -0.25) is 4.79 Å². The molecule has 1 aliphatic rings. The van der Waals surface area contributed by atoms with Gasteiger partial charge < -0.3 is 10.6 Å². The number of hydrogen-bond donors (Lipinski definition) is 2. The molecular weight excluding hydrogens is 337 g/mol. The molecule has 0 bridgehead atoms. The third kappa shape index (κ3) is 5.49. The molecule has 0 aromatic carbocycles. The first kappa shape index (κ1) is 19.4. The van der Waals surface area contributed by atoms with Crippen molar-refractivity contribution in [1.29, 1.82) is 0 Å². The molecule has 1 unspecified atom stereocenters. The summed E-state index contributed by atoms with van der Waals surface area (Å²) in [7, 11) is 0. The fourth-order valence-electron chi connectivity index (χ4n) is 2.52. The van der Waals surface area contributed by atoms with Gasteiger partial charge >= 0.3 is 0 Å². The average molecular weight is 358 g/mol. The minimum atomic E-state index is 0. The van der Waals surface area contributed by atoms with Gasteiger partial charge in [-0.2, -0.15) is 5.10 Å². The molecule has 0 saturated carbocycles. The van der Waals surface area contributed by atoms with E-state index in [0.717, 1.165) is 31.0 Å². The van der Waals surface area contributed by atoms with E-state index >= 15 is 0 Å². The number of amides is 1. The Labute approximate surface area is 147 Å². The van der Waals surface area contributed by atoms with Crippen LogP contribution >= 0.6 is 24.8 Å². The smallest absolute Gasteiger partial charge is 0.224 e. The normalized spacial score (nSPS) is 16.3. The lowest BCUT2D eigenvalue weighted by Crippen LogP contribution is -2.15. The van der Waals surface area contributed by atoms with E-state index in [1.54, 1.807) is 17.1 Å². The number of rotatable bonds is 5. The zero-order chi connectivity index (χ0) is 14.5. The second-order valence-corrected chi connectivity index (χ2v) is 5.30. The number of nitrogens with one attached hydrogen (secondary N) is 2. The van der Waals surface area contributed by atoms with Gasteiger partial charge in [-0.15, -0.1) is 24.8 Å². The number of carbonyl (C=O) groups is 1. The maximum Gasteiger partial charge on any atom is 0.224 e. The van der Waals surface area contributed by atoms with Crippen LogP contribution in [-0.4, -0.2) is 33.8 Å². The van der Waals surface area contributed by atoms with Gasteiger partial charge in [0.15, 0.2) is 5.82 Å². The molecule has 8 heteroatoms. The second kappa shape index (κ2) is 9.50. The number of nitrogens with zero attached hydrogens (tertiary/aromatic N) is 3. The van der Waals surface area contributed by atoms with E-state index < -0.39 is 0 Å². The van der Waals surface area contributed by atoms with Gasteiger partial charge in [0, 0.05) is 18.8 Å². The largest absolute Gasteiger partial charge is 0.325 e. The number of halogens is 2. The van der Waals surface area contributed by atoms with Gasteiger partial charge in [-0.1, -0.05) is 0 Å². The number of anilines is 1. The van der Waals surface area contributed by atoms with Gasteiger partial charge in [0.1, 0.15) is 0 Å². The Balaban J connectivity index is 0.00000132. The van der Waals surface area contributed by atoms with Gasteiger partial charge in [-0.05, 0) is 50.0 Å². The lowest BCUT2D eigenvalue weighted by molar-refractivity contribution is -0.116. The highest BCUT2D eigenvalue weighted by Crippen LogP contribution is 2.15. The van der Waals surface area contributed by atoms with Crippen molar-refractivity contribution in [3.8, 4) is 5.82 Å². The molecule has 0 aliphatic carbocycles. The van der Waals surface area contributed by atoms with Crippen molar-refractivity contribution in [2.75, 3.05) is 18.4 Å². The summed E-state index contributed by atoms with van der Waals surface area (Å²) in [5, 5.41) is 10.3. The summed E-state index contributed by atoms with van der Waals surface area (Å²) >= 11 is 0. The lowest BCUT2D eigenvalue weighted by Gasteiger charge is -2.09. The van der Waals surface area contributed by atoms with Crippen LogP contribution in [0.5, 0.6) is 0 Å². The first-order valence-corrected chi connectivity index (χ1v) is 7.28. The first-order valence-electron chi connectivity index (χ1n) is 7.28. The summed E-state index contributed by atoms with van der Waals surface area (Å²) in [6.45, 7) is 2.11. The molecule has 1 saturated heterocycles. The Kier molecular flexibility index (Phi) is 8.02. The summed E-state index contributed by atoms with van der Waals surface area (Å²) in [5.74, 6) is 1.42. The van der Waals surface area contributed by atoms with Gasteiger partial charge in [0.25, 0.3) is 0 Å². The minimum absolute atomic E-state index is 0. The molecule has 126 valence electrons. The zero-order valence-corrected chi connectivity index (χ0v) is 14.3. The standard InChI is InChI=1S/C15H19N5O.2ClH/c21-15(5-2-12-6-8-16-10-12)19-13-3-4-14(17-11-13)20-9-1-7-18-20;;/h1,3-4,7,9,11-12,16H,2,5-6,8,10H2,(H,19,21);2*1H. The number of hydrogen-bond acceptors (Lipinski definition) is 4. The summed E-state index contributed by atoms with van der Waals surface area (Å²) in [5.41, 5.74) is 0.723. The van der Waals surface area contributed by atoms with Crippen LogP contribution in [0.3, 0.4) is 0 Å². The molecule has 1 aliphatic heterocycles. The molecule has 2 aromatic heterocycles. The molecule has 6 nitrogen and oxygen atoms in total. The maximum absolute atomic E-state index is 11.9. The van der Waals surface area contributed by atoms with E-state index in [4.69, 9.17) is 0 Å². The monoisotopic (exact) mass is 357 g/mol. The second-order valence-electron chi connectivity index (χ2n) is 5.30. The maximum atomic E-state index is 11.9. The summed E-state index contributed by atoms with van der Waals surface area (Å²) < 4.78 is 1.68. The van der Waals surface area contributed by atoms with Crippen LogP contribution in [0.1, 0.15) is 19.3 Å². The quantitative estimate of drug-likeness (QED) is 0.861. The van der Waals surface area contributed by atoms with Crippen molar-refractivity contribution < 1.29 is 4.79 Å². The van der Waals surface area contributed by atoms with Crippen molar-refractivity contribution in [1.82, 2.24) is 20.1 Å². The Morgan fingerprint density at radius 3 is 2.87 bits per heavy atom. The van der Waals surface area contributed by atoms with Crippen molar-refractivity contribution in [2.45, 2.75) is 19.3 Å². The van der Waals surface area contributed by atoms with Crippen molar-refractivity contribution in [3.63, 3.8) is 0 Å². The minimum Gasteiger partial charge on any atom is -0.325 e. The number of carbonyl (C=O) groups excluding carboxylic acids is 1. The SMILES string of the molecule is Cl.Cl.O=C(CCC1CCNC1)Nc1ccc(-n2cccn2)nc1. The number of aromatic nitrogens is 3. The molecule has 23 heavy (non-hydrogen) atoms. The average Bonchev–Trinajstić information content (AvgIpc) is 3.19. The fraction of sp³-hybridized carbons (Fsp3) is 0.400. The highest BCUT2D eigenvalue weighted by Gasteiger charge is 2.15. The van der Waals surface area contributed by atoms with Crippen LogP contribution in [0.4, 0.5) is 5.69 Å². The van der Waals surface area contributed by atoms with Crippen molar-refractivity contribution >= 4 is 36.4 Å². The van der Waals surface area contributed by atoms with Gasteiger partial charge in [0.05, 0.1) is 11.9 Å². The van der Waals surface area contributed by atoms with E-state index in [9.17, 15) is 4.79 Å². The molecule has 2 N–H and O–H groups in total. The molecule has 1 amide bonds. The lowest BCUT2D eigenvalue weighted by atomic mass is 10.0. The van der Waals surface area contributed by atoms with E-state index in [1.807, 2.05) is 24.4 Å². The Hall–Kier alpha value is -1.63. The fourth-order valence-corrected chi connectivity index (χ4v) is 2.52. The van der Waals surface area contributed by atoms with E-state index in [1.165, 1.54) is 6.42 Å². The predicted molar refractivity (Wildman–Crippen MR) is 94.7 cm³/mol. The summed E-state index contributed by atoms with van der Waals surface area (Å²) in [4.78, 5) is 16.2. The van der Waals surface area contributed by atoms with Crippen LogP contribution in [0, 0.1) is 5.92 Å². The third-order valence-corrected chi connectivity index (χ3v) is 3.71. The Bertz CT molecular complexity index is 582. The molecule has 3 rings (SSSR count). The topological polar surface area (TPSA) is 71.8 Å². The summed E-state index contributed by atoms with van der Waals surface area (Å²) in [6.07, 6.45) is 7.87. The van der Waals surface area contributed by atoms with Gasteiger partial charge in [0.2, 0.25) is 5.91 Å². The molecule has 3 heterocycles. The van der Waals surface area contributed by atoms with Gasteiger partial charge in [-0.25, -0.2) is 9.67 Å². The first-order chi connectivity index (χ1) is 10.3. The molecule has 2 aromatic rings. The van der Waals surface area contributed by atoms with E-state index in [2.05, 4.69) is 20.7 Å². The third-order valence-electron chi connectivity index (χ3n) is 3.71. The van der Waals surface area contributed by atoms with E-state index in [-0.39, 0.29) is 30.7 Å². The van der Waals surface area contributed by atoms with Crippen molar-refractivity contribution in [3.05, 3.63) is 36.8 Å². The van der Waals surface area contributed by atoms with Crippen LogP contribution in [0.25, 0.3) is 5.82 Å². The molecule has 0 radical (unpaired) electrons. The Morgan fingerprint density at radius 1 is 1.39 bits per heavy atom. The van der Waals surface area contributed by atoms with Crippen LogP contribution in [0.2, 0.25) is 0 Å². The molecule has 0 spiro atoms. The predicted octanol–water partition coefficient (Wildman–Crippen LogP) is 2.44.